The highest BCUT2D eigenvalue weighted by atomic mass is 16.2. The summed E-state index contributed by atoms with van der Waals surface area (Å²) in [5.41, 5.74) is 9.61. The van der Waals surface area contributed by atoms with E-state index in [4.69, 9.17) is 11.5 Å². The van der Waals surface area contributed by atoms with Crippen LogP contribution in [0.3, 0.4) is 0 Å². The molecule has 4 N–H and O–H groups in total. The normalized spacial score (nSPS) is 12.7. The summed E-state index contributed by atoms with van der Waals surface area (Å²) in [5.74, 6) is -2.07. The summed E-state index contributed by atoms with van der Waals surface area (Å²) < 4.78 is 0. The van der Waals surface area contributed by atoms with E-state index < -0.39 is 23.1 Å². The van der Waals surface area contributed by atoms with Gasteiger partial charge in [0, 0.05) is 11.8 Å². The van der Waals surface area contributed by atoms with Crippen LogP contribution in [0.15, 0.2) is 0 Å². The van der Waals surface area contributed by atoms with Crippen LogP contribution in [0, 0.1) is 11.3 Å². The number of ketones is 2. The van der Waals surface area contributed by atoms with Gasteiger partial charge in [0.1, 0.15) is 11.6 Å². The minimum absolute atomic E-state index is 0.101. The first-order chi connectivity index (χ1) is 10.6. The fraction of sp³-hybridized carbons (Fsp3) is 0.765. The van der Waals surface area contributed by atoms with Crippen molar-refractivity contribution in [3.63, 3.8) is 0 Å². The molecular weight excluding hydrogens is 296 g/mol. The lowest BCUT2D eigenvalue weighted by atomic mass is 9.81. The lowest BCUT2D eigenvalue weighted by molar-refractivity contribution is -0.133. The molecule has 6 nitrogen and oxygen atoms in total. The monoisotopic (exact) mass is 326 g/mol. The third kappa shape index (κ3) is 9.11. The number of nitrogens with two attached hydrogens (primary N) is 2. The molecule has 1 atom stereocenters. The van der Waals surface area contributed by atoms with Crippen LogP contribution in [0.5, 0.6) is 0 Å². The van der Waals surface area contributed by atoms with Crippen LogP contribution in [-0.2, 0) is 19.2 Å². The molecule has 0 aliphatic heterocycles. The average Bonchev–Trinajstić information content (AvgIpc) is 2.44. The van der Waals surface area contributed by atoms with E-state index in [1.807, 2.05) is 13.8 Å². The van der Waals surface area contributed by atoms with Gasteiger partial charge < -0.3 is 11.5 Å². The van der Waals surface area contributed by atoms with Crippen molar-refractivity contribution >= 4 is 23.4 Å². The molecule has 0 bridgehead atoms. The molecule has 0 saturated heterocycles. The molecule has 6 heteroatoms. The maximum Gasteiger partial charge on any atom is 0.227 e. The molecule has 0 spiro atoms. The van der Waals surface area contributed by atoms with Gasteiger partial charge in [-0.3, -0.25) is 19.2 Å². The van der Waals surface area contributed by atoms with Crippen LogP contribution in [0.25, 0.3) is 0 Å². The van der Waals surface area contributed by atoms with Gasteiger partial charge in [-0.2, -0.15) is 0 Å². The Kier molecular flexibility index (Phi) is 9.37. The van der Waals surface area contributed by atoms with Crippen LogP contribution in [0.4, 0.5) is 0 Å². The Morgan fingerprint density at radius 1 is 0.913 bits per heavy atom. The van der Waals surface area contributed by atoms with Gasteiger partial charge in [0.25, 0.3) is 0 Å². The average molecular weight is 326 g/mol. The highest BCUT2D eigenvalue weighted by Gasteiger charge is 2.27. The summed E-state index contributed by atoms with van der Waals surface area (Å²) in [6.45, 7) is 5.21. The van der Waals surface area contributed by atoms with Crippen LogP contribution in [0.1, 0.15) is 72.1 Å². The Labute approximate surface area is 138 Å². The van der Waals surface area contributed by atoms with Gasteiger partial charge in [-0.05, 0) is 19.8 Å². The molecule has 0 aromatic carbocycles. The van der Waals surface area contributed by atoms with E-state index in [2.05, 4.69) is 0 Å². The molecule has 0 rings (SSSR count). The highest BCUT2D eigenvalue weighted by molar-refractivity contribution is 6.00. The molecule has 0 saturated carbocycles. The fourth-order valence-electron chi connectivity index (χ4n) is 2.31. The number of carbonyl (C=O) groups is 4. The molecule has 0 radical (unpaired) electrons. The quantitative estimate of drug-likeness (QED) is 0.396. The molecule has 0 aliphatic carbocycles. The zero-order chi connectivity index (χ0) is 18.0. The van der Waals surface area contributed by atoms with Crippen molar-refractivity contribution < 1.29 is 19.2 Å². The number of hydrogen-bond donors (Lipinski definition) is 2. The Bertz CT molecular complexity index is 444. The summed E-state index contributed by atoms with van der Waals surface area (Å²) in [4.78, 5) is 45.1. The number of unbranched alkanes of at least 4 members (excludes halogenated alkanes) is 4. The van der Waals surface area contributed by atoms with E-state index in [9.17, 15) is 19.2 Å². The summed E-state index contributed by atoms with van der Waals surface area (Å²) in [7, 11) is 0. The molecule has 0 fully saturated rings. The molecule has 0 aliphatic rings. The van der Waals surface area contributed by atoms with Crippen molar-refractivity contribution in [3.05, 3.63) is 0 Å². The summed E-state index contributed by atoms with van der Waals surface area (Å²) in [6, 6.07) is 0. The van der Waals surface area contributed by atoms with Crippen molar-refractivity contribution in [3.8, 4) is 0 Å². The largest absolute Gasteiger partial charge is 0.369 e. The Balaban J connectivity index is 3.81. The van der Waals surface area contributed by atoms with Crippen LogP contribution in [-0.4, -0.2) is 23.4 Å². The molecule has 1 unspecified atom stereocenters. The number of rotatable bonds is 13. The zero-order valence-corrected chi connectivity index (χ0v) is 14.5. The maximum atomic E-state index is 11.9. The van der Waals surface area contributed by atoms with Gasteiger partial charge in [0.2, 0.25) is 11.8 Å². The molecular formula is C17H30N2O4. The SMILES string of the molecule is CC(C(N)=O)C(=O)CCCCCCCC(C)(C)C(=O)CC(N)=O. The van der Waals surface area contributed by atoms with E-state index in [0.29, 0.717) is 6.42 Å². The van der Waals surface area contributed by atoms with Crippen LogP contribution in [0.2, 0.25) is 0 Å². The number of Topliss-reactive ketones (excluding diaryl/α,β-unsaturated/α-hetero) is 2. The van der Waals surface area contributed by atoms with Crippen molar-refractivity contribution in [2.75, 3.05) is 0 Å². The Morgan fingerprint density at radius 3 is 1.96 bits per heavy atom. The Morgan fingerprint density at radius 2 is 1.43 bits per heavy atom. The molecule has 2 amide bonds. The van der Waals surface area contributed by atoms with E-state index in [1.54, 1.807) is 0 Å². The number of amides is 2. The standard InChI is InChI=1S/C17H30N2O4/c1-12(16(19)23)13(20)9-7-5-4-6-8-10-17(2,3)14(21)11-15(18)22/h12H,4-11H2,1-3H3,(H2,18,22)(H2,19,23). The lowest BCUT2D eigenvalue weighted by Gasteiger charge is -2.22. The van der Waals surface area contributed by atoms with Crippen molar-refractivity contribution in [2.45, 2.75) is 72.1 Å². The third-order valence-electron chi connectivity index (χ3n) is 4.22. The fourth-order valence-corrected chi connectivity index (χ4v) is 2.31. The van der Waals surface area contributed by atoms with E-state index in [1.165, 1.54) is 6.92 Å². The Hall–Kier alpha value is -1.72. The predicted molar refractivity (Wildman–Crippen MR) is 88.3 cm³/mol. The van der Waals surface area contributed by atoms with Crippen LogP contribution < -0.4 is 11.5 Å². The third-order valence-corrected chi connectivity index (χ3v) is 4.22. The number of hydrogen-bond acceptors (Lipinski definition) is 4. The molecule has 0 aromatic rings. The number of primary amides is 2. The zero-order valence-electron chi connectivity index (χ0n) is 14.5. The summed E-state index contributed by atoms with van der Waals surface area (Å²) in [6.07, 6.45) is 5.39. The van der Waals surface area contributed by atoms with Gasteiger partial charge >= 0.3 is 0 Å². The van der Waals surface area contributed by atoms with Gasteiger partial charge in [-0.25, -0.2) is 0 Å². The van der Waals surface area contributed by atoms with Gasteiger partial charge in [-0.15, -0.1) is 0 Å². The van der Waals surface area contributed by atoms with Crippen molar-refractivity contribution in [2.24, 2.45) is 22.8 Å². The lowest BCUT2D eigenvalue weighted by Crippen LogP contribution is -2.28. The molecule has 0 aromatic heterocycles. The first-order valence-electron chi connectivity index (χ1n) is 8.21. The smallest absolute Gasteiger partial charge is 0.227 e. The van der Waals surface area contributed by atoms with Crippen LogP contribution >= 0.6 is 0 Å². The predicted octanol–water partition coefficient (Wildman–Crippen LogP) is 1.88. The first-order valence-corrected chi connectivity index (χ1v) is 8.21. The van der Waals surface area contributed by atoms with E-state index in [-0.39, 0.29) is 18.0 Å². The van der Waals surface area contributed by atoms with Gasteiger partial charge in [-0.1, -0.05) is 39.5 Å². The van der Waals surface area contributed by atoms with E-state index in [0.717, 1.165) is 38.5 Å². The van der Waals surface area contributed by atoms with Gasteiger partial charge in [0.05, 0.1) is 12.3 Å². The second-order valence-corrected chi connectivity index (χ2v) is 6.81. The summed E-state index contributed by atoms with van der Waals surface area (Å²) >= 11 is 0. The summed E-state index contributed by atoms with van der Waals surface area (Å²) in [5, 5.41) is 0. The van der Waals surface area contributed by atoms with E-state index >= 15 is 0 Å². The maximum absolute atomic E-state index is 11.9. The second-order valence-electron chi connectivity index (χ2n) is 6.81. The van der Waals surface area contributed by atoms with Crippen molar-refractivity contribution in [1.29, 1.82) is 0 Å². The molecule has 0 heterocycles. The van der Waals surface area contributed by atoms with Gasteiger partial charge in [0.15, 0.2) is 0 Å². The molecule has 23 heavy (non-hydrogen) atoms. The minimum atomic E-state index is -0.702. The first kappa shape index (κ1) is 21.3. The second kappa shape index (κ2) is 10.1. The number of carbonyl (C=O) groups excluding carboxylic acids is 4. The highest BCUT2D eigenvalue weighted by Crippen LogP contribution is 2.26. The minimum Gasteiger partial charge on any atom is -0.369 e. The van der Waals surface area contributed by atoms with Crippen molar-refractivity contribution in [1.82, 2.24) is 0 Å². The molecule has 132 valence electrons. The topological polar surface area (TPSA) is 120 Å².